The lowest BCUT2D eigenvalue weighted by atomic mass is 9.80. The van der Waals surface area contributed by atoms with E-state index in [1.54, 1.807) is 7.11 Å². The lowest BCUT2D eigenvalue weighted by Gasteiger charge is -2.48. The quantitative estimate of drug-likeness (QED) is 0.500. The van der Waals surface area contributed by atoms with Crippen LogP contribution in [0.15, 0.2) is 23.2 Å². The molecule has 1 aromatic carbocycles. The highest BCUT2D eigenvalue weighted by Crippen LogP contribution is 2.34. The minimum Gasteiger partial charge on any atom is -0.493 e. The van der Waals surface area contributed by atoms with Gasteiger partial charge in [-0.05, 0) is 37.5 Å². The summed E-state index contributed by atoms with van der Waals surface area (Å²) in [6.45, 7) is 7.92. The highest BCUT2D eigenvalue weighted by Gasteiger charge is 2.38. The van der Waals surface area contributed by atoms with Gasteiger partial charge in [-0.3, -0.25) is 9.89 Å². The molecule has 7 nitrogen and oxygen atoms in total. The number of hydrogen-bond donors (Lipinski definition) is 2. The van der Waals surface area contributed by atoms with Crippen LogP contribution in [0.25, 0.3) is 0 Å². The standard InChI is InChI=1S/C23H38N4O3/c1-4-30-20-9-8-19(16-21(20)28-3)17-25-22(24-2)26-18-23(10-6-5-7-11-23)27-12-14-29-15-13-27/h8-9,16H,4-7,10-15,17-18H2,1-3H3,(H2,24,25,26). The summed E-state index contributed by atoms with van der Waals surface area (Å²) in [5.41, 5.74) is 1.33. The molecule has 0 bridgehead atoms. The average Bonchev–Trinajstić information content (AvgIpc) is 2.81. The van der Waals surface area contributed by atoms with E-state index in [1.165, 1.54) is 32.1 Å². The van der Waals surface area contributed by atoms with Crippen LogP contribution in [0.2, 0.25) is 0 Å². The zero-order valence-corrected chi connectivity index (χ0v) is 18.8. The summed E-state index contributed by atoms with van der Waals surface area (Å²) in [5, 5.41) is 7.06. The molecule has 168 valence electrons. The minimum atomic E-state index is 0.210. The van der Waals surface area contributed by atoms with Gasteiger partial charge in [0.25, 0.3) is 0 Å². The number of morpholine rings is 1. The molecule has 0 amide bonds. The van der Waals surface area contributed by atoms with Crippen molar-refractivity contribution >= 4 is 5.96 Å². The van der Waals surface area contributed by atoms with Crippen LogP contribution in [-0.2, 0) is 11.3 Å². The highest BCUT2D eigenvalue weighted by atomic mass is 16.5. The third kappa shape index (κ3) is 5.79. The Labute approximate surface area is 181 Å². The molecule has 0 unspecified atom stereocenters. The van der Waals surface area contributed by atoms with E-state index in [9.17, 15) is 0 Å². The Hall–Kier alpha value is -1.99. The molecule has 1 aliphatic carbocycles. The summed E-state index contributed by atoms with van der Waals surface area (Å²) in [5.74, 6) is 2.37. The normalized spacial score (nSPS) is 19.9. The first kappa shape index (κ1) is 22.7. The van der Waals surface area contributed by atoms with E-state index >= 15 is 0 Å². The SMILES string of the molecule is CCOc1ccc(CNC(=NC)NCC2(N3CCOCC3)CCCCC2)cc1OC. The van der Waals surface area contributed by atoms with Gasteiger partial charge in [-0.2, -0.15) is 0 Å². The number of nitrogens with zero attached hydrogens (tertiary/aromatic N) is 2. The molecule has 1 saturated heterocycles. The van der Waals surface area contributed by atoms with Crippen molar-refractivity contribution in [2.45, 2.75) is 51.1 Å². The third-order valence-corrected chi connectivity index (χ3v) is 6.26. The molecule has 2 N–H and O–H groups in total. The molecular weight excluding hydrogens is 380 g/mol. The number of nitrogens with one attached hydrogen (secondary N) is 2. The maximum atomic E-state index is 5.61. The molecular formula is C23H38N4O3. The van der Waals surface area contributed by atoms with Crippen molar-refractivity contribution < 1.29 is 14.2 Å². The van der Waals surface area contributed by atoms with Crippen LogP contribution in [0, 0.1) is 0 Å². The predicted octanol–water partition coefficient (Wildman–Crippen LogP) is 2.79. The fourth-order valence-corrected chi connectivity index (χ4v) is 4.60. The molecule has 0 atom stereocenters. The molecule has 1 heterocycles. The van der Waals surface area contributed by atoms with Gasteiger partial charge in [-0.1, -0.05) is 25.3 Å². The van der Waals surface area contributed by atoms with Crippen LogP contribution in [-0.4, -0.2) is 70.0 Å². The Morgan fingerprint density at radius 2 is 1.90 bits per heavy atom. The van der Waals surface area contributed by atoms with Gasteiger partial charge in [0, 0.05) is 38.8 Å². The van der Waals surface area contributed by atoms with E-state index < -0.39 is 0 Å². The summed E-state index contributed by atoms with van der Waals surface area (Å²) in [4.78, 5) is 7.09. The van der Waals surface area contributed by atoms with Gasteiger partial charge < -0.3 is 24.8 Å². The van der Waals surface area contributed by atoms with Crippen molar-refractivity contribution in [3.63, 3.8) is 0 Å². The van der Waals surface area contributed by atoms with Crippen molar-refractivity contribution in [1.82, 2.24) is 15.5 Å². The van der Waals surface area contributed by atoms with Gasteiger partial charge >= 0.3 is 0 Å². The van der Waals surface area contributed by atoms with Crippen LogP contribution >= 0.6 is 0 Å². The van der Waals surface area contributed by atoms with Gasteiger partial charge in [0.15, 0.2) is 17.5 Å². The van der Waals surface area contributed by atoms with E-state index in [2.05, 4.69) is 26.6 Å². The van der Waals surface area contributed by atoms with Crippen LogP contribution in [0.5, 0.6) is 11.5 Å². The van der Waals surface area contributed by atoms with E-state index in [0.29, 0.717) is 13.2 Å². The smallest absolute Gasteiger partial charge is 0.191 e. The number of ether oxygens (including phenoxy) is 3. The van der Waals surface area contributed by atoms with Crippen molar-refractivity contribution in [3.05, 3.63) is 23.8 Å². The molecule has 0 spiro atoms. The lowest BCUT2D eigenvalue weighted by Crippen LogP contribution is -2.60. The van der Waals surface area contributed by atoms with Gasteiger partial charge in [0.2, 0.25) is 0 Å². The first-order valence-corrected chi connectivity index (χ1v) is 11.3. The second kappa shape index (κ2) is 11.4. The molecule has 3 rings (SSSR count). The van der Waals surface area contributed by atoms with E-state index in [0.717, 1.165) is 55.9 Å². The van der Waals surface area contributed by atoms with Gasteiger partial charge in [-0.15, -0.1) is 0 Å². The monoisotopic (exact) mass is 418 g/mol. The molecule has 0 aromatic heterocycles. The Morgan fingerprint density at radius 1 is 1.13 bits per heavy atom. The molecule has 2 fully saturated rings. The van der Waals surface area contributed by atoms with Crippen molar-refractivity contribution in [2.24, 2.45) is 4.99 Å². The van der Waals surface area contributed by atoms with Gasteiger partial charge in [0.1, 0.15) is 0 Å². The first-order valence-electron chi connectivity index (χ1n) is 11.3. The number of benzene rings is 1. The van der Waals surface area contributed by atoms with Crippen molar-refractivity contribution in [3.8, 4) is 11.5 Å². The number of aliphatic imine (C=N–C) groups is 1. The fourth-order valence-electron chi connectivity index (χ4n) is 4.60. The van der Waals surface area contributed by atoms with Crippen molar-refractivity contribution in [2.75, 3.05) is 53.6 Å². The summed E-state index contributed by atoms with van der Waals surface area (Å²) >= 11 is 0. The lowest BCUT2D eigenvalue weighted by molar-refractivity contribution is -0.0352. The first-order chi connectivity index (χ1) is 14.7. The molecule has 30 heavy (non-hydrogen) atoms. The summed E-state index contributed by atoms with van der Waals surface area (Å²) in [6, 6.07) is 6.04. The zero-order valence-electron chi connectivity index (χ0n) is 18.8. The Balaban J connectivity index is 1.58. The van der Waals surface area contributed by atoms with Crippen LogP contribution in [0.1, 0.15) is 44.6 Å². The molecule has 7 heteroatoms. The maximum Gasteiger partial charge on any atom is 0.191 e. The third-order valence-electron chi connectivity index (χ3n) is 6.26. The number of guanidine groups is 1. The number of methoxy groups -OCH3 is 1. The highest BCUT2D eigenvalue weighted by molar-refractivity contribution is 5.79. The van der Waals surface area contributed by atoms with Crippen LogP contribution < -0.4 is 20.1 Å². The molecule has 0 radical (unpaired) electrons. The van der Waals surface area contributed by atoms with E-state index in [-0.39, 0.29) is 5.54 Å². The Morgan fingerprint density at radius 3 is 2.57 bits per heavy atom. The fraction of sp³-hybridized carbons (Fsp3) is 0.696. The number of rotatable bonds is 8. The van der Waals surface area contributed by atoms with Gasteiger partial charge in [-0.25, -0.2) is 0 Å². The van der Waals surface area contributed by atoms with Crippen LogP contribution in [0.3, 0.4) is 0 Å². The van der Waals surface area contributed by atoms with E-state index in [4.69, 9.17) is 14.2 Å². The topological polar surface area (TPSA) is 67.4 Å². The van der Waals surface area contributed by atoms with Crippen LogP contribution in [0.4, 0.5) is 0 Å². The predicted molar refractivity (Wildman–Crippen MR) is 121 cm³/mol. The average molecular weight is 419 g/mol. The second-order valence-electron chi connectivity index (χ2n) is 8.08. The maximum absolute atomic E-state index is 5.61. The summed E-state index contributed by atoms with van der Waals surface area (Å²) in [7, 11) is 3.50. The Bertz CT molecular complexity index is 683. The second-order valence-corrected chi connectivity index (χ2v) is 8.08. The summed E-state index contributed by atoms with van der Waals surface area (Å²) < 4.78 is 16.7. The number of hydrogen-bond acceptors (Lipinski definition) is 5. The zero-order chi connectivity index (χ0) is 21.2. The molecule has 1 aromatic rings. The minimum absolute atomic E-state index is 0.210. The molecule has 1 saturated carbocycles. The molecule has 1 aliphatic heterocycles. The van der Waals surface area contributed by atoms with E-state index in [1.807, 2.05) is 26.1 Å². The Kier molecular flexibility index (Phi) is 8.63. The molecule has 2 aliphatic rings. The van der Waals surface area contributed by atoms with Gasteiger partial charge in [0.05, 0.1) is 26.9 Å². The van der Waals surface area contributed by atoms with Crippen molar-refractivity contribution in [1.29, 1.82) is 0 Å². The largest absolute Gasteiger partial charge is 0.493 e. The summed E-state index contributed by atoms with van der Waals surface area (Å²) in [6.07, 6.45) is 6.44.